The maximum absolute atomic E-state index is 5.62. The van der Waals surface area contributed by atoms with Gasteiger partial charge in [-0.2, -0.15) is 0 Å². The molecule has 0 fully saturated rings. The fourth-order valence-electron chi connectivity index (χ4n) is 7.92. The minimum atomic E-state index is 0.663. The van der Waals surface area contributed by atoms with Crippen molar-refractivity contribution in [3.05, 3.63) is 226 Å². The van der Waals surface area contributed by atoms with Gasteiger partial charge in [0.15, 0.2) is 0 Å². The van der Waals surface area contributed by atoms with Crippen LogP contribution in [0.2, 0.25) is 0 Å². The van der Waals surface area contributed by atoms with Crippen molar-refractivity contribution < 1.29 is 9.47 Å². The lowest BCUT2D eigenvalue weighted by molar-refractivity contribution is 0.340. The highest BCUT2D eigenvalue weighted by Gasteiger charge is 2.16. The lowest BCUT2D eigenvalue weighted by Crippen LogP contribution is -2.10. The smallest absolute Gasteiger partial charge is 0.119 e. The lowest BCUT2D eigenvalue weighted by atomic mass is 10.0. The molecule has 0 amide bonds. The highest BCUT2D eigenvalue weighted by Crippen LogP contribution is 2.39. The number of hydrogen-bond acceptors (Lipinski definition) is 4. The average molecular weight is 837 g/mol. The van der Waals surface area contributed by atoms with Gasteiger partial charge in [0.2, 0.25) is 0 Å². The summed E-state index contributed by atoms with van der Waals surface area (Å²) in [6.45, 7) is 14.0. The molecule has 0 aliphatic rings. The number of hydrogen-bond donors (Lipinski definition) is 0. The van der Waals surface area contributed by atoms with E-state index in [2.05, 4.69) is 220 Å². The van der Waals surface area contributed by atoms with Crippen LogP contribution in [-0.2, 0) is 0 Å². The van der Waals surface area contributed by atoms with E-state index in [1.165, 1.54) is 33.4 Å². The van der Waals surface area contributed by atoms with E-state index in [1.54, 1.807) is 0 Å². The Hall–Kier alpha value is -7.56. The zero-order valence-corrected chi connectivity index (χ0v) is 37.8. The number of rotatable bonds is 15. The summed E-state index contributed by atoms with van der Waals surface area (Å²) < 4.78 is 11.2. The number of ether oxygens (including phenoxy) is 2. The monoisotopic (exact) mass is 836 g/mol. The lowest BCUT2D eigenvalue weighted by Gasteiger charge is -2.27. The van der Waals surface area contributed by atoms with Crippen LogP contribution in [0.15, 0.2) is 182 Å². The Balaban J connectivity index is 1.04. The van der Waals surface area contributed by atoms with E-state index < -0.39 is 0 Å². The molecular weight excluding hydrogens is 781 g/mol. The van der Waals surface area contributed by atoms with Crippen LogP contribution in [0, 0.1) is 27.7 Å². The van der Waals surface area contributed by atoms with Crippen LogP contribution in [0.4, 0.5) is 34.1 Å². The van der Waals surface area contributed by atoms with Crippen molar-refractivity contribution in [1.29, 1.82) is 0 Å². The predicted octanol–water partition coefficient (Wildman–Crippen LogP) is 16.7. The van der Waals surface area contributed by atoms with Gasteiger partial charge in [0.25, 0.3) is 0 Å². The van der Waals surface area contributed by atoms with Crippen molar-refractivity contribution in [2.24, 2.45) is 0 Å². The SMILES string of the molecule is CCOc1ccc(/C=C/c2ccc(N(c3ccc(C)cc3)c3ccc(-c4ccc(N(c5ccc(C)cc5)c5ccc(/C=C/c6ccc(OCC)cc6)c(C)c5)cc4)cc3)cc2C)cc1. The summed E-state index contributed by atoms with van der Waals surface area (Å²) in [5.41, 5.74) is 18.5. The molecule has 0 saturated heterocycles. The molecule has 0 atom stereocenters. The molecule has 8 rings (SSSR count). The molecule has 0 saturated carbocycles. The van der Waals surface area contributed by atoms with Crippen LogP contribution in [0.3, 0.4) is 0 Å². The molecule has 0 N–H and O–H groups in total. The summed E-state index contributed by atoms with van der Waals surface area (Å²) in [7, 11) is 0. The largest absolute Gasteiger partial charge is 0.494 e. The van der Waals surface area contributed by atoms with Gasteiger partial charge in [-0.25, -0.2) is 0 Å². The van der Waals surface area contributed by atoms with Gasteiger partial charge in [-0.15, -0.1) is 0 Å². The second-order valence-electron chi connectivity index (χ2n) is 16.2. The van der Waals surface area contributed by atoms with Crippen LogP contribution in [0.25, 0.3) is 35.4 Å². The van der Waals surface area contributed by atoms with E-state index in [0.29, 0.717) is 13.2 Å². The quantitative estimate of drug-likeness (QED) is 0.0961. The van der Waals surface area contributed by atoms with E-state index in [4.69, 9.17) is 9.47 Å². The van der Waals surface area contributed by atoms with Crippen LogP contribution in [-0.4, -0.2) is 13.2 Å². The fraction of sp³-hybridized carbons (Fsp3) is 0.133. The maximum Gasteiger partial charge on any atom is 0.119 e. The van der Waals surface area contributed by atoms with Gasteiger partial charge in [-0.1, -0.05) is 120 Å². The Labute approximate surface area is 380 Å². The standard InChI is InChI=1S/C60H56N2O2/c1-7-63-59-37-15-47(16-38-59)13-19-49-21-35-57(41-45(49)5)61(53-27-9-43(3)10-28-53)55-31-23-51(24-32-55)52-25-33-56(34-26-52)62(54-29-11-44(4)12-30-54)58-36-22-50(46(6)42-58)20-14-48-17-39-60(40-18-48)64-8-2/h9-42H,7-8H2,1-6H3/b19-13+,20-14+. The van der Waals surface area contributed by atoms with Crippen molar-refractivity contribution in [1.82, 2.24) is 0 Å². The zero-order chi connectivity index (χ0) is 44.4. The van der Waals surface area contributed by atoms with Crippen LogP contribution in [0.5, 0.6) is 11.5 Å². The minimum Gasteiger partial charge on any atom is -0.494 e. The maximum atomic E-state index is 5.62. The fourth-order valence-corrected chi connectivity index (χ4v) is 7.92. The topological polar surface area (TPSA) is 24.9 Å². The van der Waals surface area contributed by atoms with Crippen LogP contribution in [0.1, 0.15) is 58.4 Å². The molecule has 0 spiro atoms. The molecule has 0 radical (unpaired) electrons. The number of nitrogens with zero attached hydrogens (tertiary/aromatic N) is 2. The molecule has 8 aromatic rings. The van der Waals surface area contributed by atoms with Crippen LogP contribution >= 0.6 is 0 Å². The summed E-state index contributed by atoms with van der Waals surface area (Å²) in [5, 5.41) is 0. The third kappa shape index (κ3) is 10.4. The molecule has 64 heavy (non-hydrogen) atoms. The Morgan fingerprint density at radius 3 is 0.969 bits per heavy atom. The highest BCUT2D eigenvalue weighted by atomic mass is 16.5. The molecule has 0 bridgehead atoms. The first-order chi connectivity index (χ1) is 31.2. The normalized spacial score (nSPS) is 11.3. The van der Waals surface area contributed by atoms with Gasteiger partial charge in [-0.3, -0.25) is 0 Å². The molecular formula is C60H56N2O2. The molecule has 318 valence electrons. The Morgan fingerprint density at radius 2 is 0.656 bits per heavy atom. The number of aryl methyl sites for hydroxylation is 4. The first kappa shape index (κ1) is 43.1. The molecule has 0 aliphatic carbocycles. The van der Waals surface area contributed by atoms with Crippen molar-refractivity contribution in [2.45, 2.75) is 41.5 Å². The second kappa shape index (κ2) is 20.1. The van der Waals surface area contributed by atoms with Crippen LogP contribution < -0.4 is 19.3 Å². The third-order valence-electron chi connectivity index (χ3n) is 11.5. The first-order valence-electron chi connectivity index (χ1n) is 22.2. The summed E-state index contributed by atoms with van der Waals surface area (Å²) >= 11 is 0. The average Bonchev–Trinajstić information content (AvgIpc) is 3.31. The van der Waals surface area contributed by atoms with Gasteiger partial charge >= 0.3 is 0 Å². The number of benzene rings is 8. The number of anilines is 6. The molecule has 4 heteroatoms. The molecule has 0 aromatic heterocycles. The van der Waals surface area contributed by atoms with Crippen molar-refractivity contribution in [3.8, 4) is 22.6 Å². The highest BCUT2D eigenvalue weighted by molar-refractivity contribution is 5.83. The Bertz CT molecular complexity index is 2640. The Kier molecular flexibility index (Phi) is 13.5. The summed E-state index contributed by atoms with van der Waals surface area (Å²) in [4.78, 5) is 4.67. The molecule has 0 unspecified atom stereocenters. The summed E-state index contributed by atoms with van der Waals surface area (Å²) in [6.07, 6.45) is 8.69. The van der Waals surface area contributed by atoms with Crippen molar-refractivity contribution >= 4 is 58.4 Å². The minimum absolute atomic E-state index is 0.663. The first-order valence-corrected chi connectivity index (χ1v) is 22.2. The van der Waals surface area contributed by atoms with E-state index >= 15 is 0 Å². The van der Waals surface area contributed by atoms with Gasteiger partial charge in [0.1, 0.15) is 11.5 Å². The molecule has 4 nitrogen and oxygen atoms in total. The van der Waals surface area contributed by atoms with Gasteiger partial charge in [0, 0.05) is 34.1 Å². The molecule has 0 aliphatic heterocycles. The van der Waals surface area contributed by atoms with Crippen molar-refractivity contribution in [2.75, 3.05) is 23.0 Å². The van der Waals surface area contributed by atoms with E-state index in [-0.39, 0.29) is 0 Å². The Morgan fingerprint density at radius 1 is 0.344 bits per heavy atom. The van der Waals surface area contributed by atoms with Gasteiger partial charge in [0.05, 0.1) is 13.2 Å². The van der Waals surface area contributed by atoms with Crippen molar-refractivity contribution in [3.63, 3.8) is 0 Å². The van der Waals surface area contributed by atoms with E-state index in [1.807, 2.05) is 38.1 Å². The molecule has 0 heterocycles. The van der Waals surface area contributed by atoms with E-state index in [0.717, 1.165) is 67.9 Å². The van der Waals surface area contributed by atoms with E-state index in [9.17, 15) is 0 Å². The third-order valence-corrected chi connectivity index (χ3v) is 11.5. The second-order valence-corrected chi connectivity index (χ2v) is 16.2. The van der Waals surface area contributed by atoms with Gasteiger partial charge < -0.3 is 19.3 Å². The van der Waals surface area contributed by atoms with Gasteiger partial charge in [-0.05, 0) is 183 Å². The summed E-state index contributed by atoms with van der Waals surface area (Å²) in [6, 6.07) is 65.2. The predicted molar refractivity (Wildman–Crippen MR) is 273 cm³/mol. The molecule has 8 aromatic carbocycles. The summed E-state index contributed by atoms with van der Waals surface area (Å²) in [5.74, 6) is 1.78. The zero-order valence-electron chi connectivity index (χ0n) is 37.8.